The van der Waals surface area contributed by atoms with E-state index in [0.29, 0.717) is 11.5 Å². The van der Waals surface area contributed by atoms with Crippen molar-refractivity contribution in [2.45, 2.75) is 39.7 Å². The minimum absolute atomic E-state index is 0.403. The van der Waals surface area contributed by atoms with Crippen LogP contribution in [-0.2, 0) is 0 Å². The number of likely N-dealkylation sites (tertiary alicyclic amines) is 1. The maximum absolute atomic E-state index is 4.54. The highest BCUT2D eigenvalue weighted by Crippen LogP contribution is 2.43. The molecule has 1 aromatic carbocycles. The molecule has 0 bridgehead atoms. The lowest BCUT2D eigenvalue weighted by Gasteiger charge is -2.29. The second kappa shape index (κ2) is 7.06. The van der Waals surface area contributed by atoms with Crippen molar-refractivity contribution in [1.82, 2.24) is 19.9 Å². The van der Waals surface area contributed by atoms with E-state index in [1.807, 2.05) is 0 Å². The number of hydrogen-bond donors (Lipinski definition) is 0. The number of fused-ring (bicyclic) bond motifs is 1. The third-order valence-electron chi connectivity index (χ3n) is 6.86. The Kier molecular flexibility index (Phi) is 4.50. The van der Waals surface area contributed by atoms with Gasteiger partial charge in [0.05, 0.1) is 11.0 Å². The topological polar surface area (TPSA) is 45.2 Å². The van der Waals surface area contributed by atoms with E-state index in [2.05, 4.69) is 75.9 Å². The van der Waals surface area contributed by atoms with Crippen LogP contribution in [0.25, 0.3) is 11.0 Å². The second-order valence-electron chi connectivity index (χ2n) is 8.98. The Morgan fingerprint density at radius 3 is 2.41 bits per heavy atom. The van der Waals surface area contributed by atoms with Crippen LogP contribution in [0.15, 0.2) is 42.7 Å². The predicted octanol–water partition coefficient (Wildman–Crippen LogP) is 4.31. The molecule has 1 unspecified atom stereocenters. The van der Waals surface area contributed by atoms with Crippen LogP contribution < -0.4 is 4.90 Å². The summed E-state index contributed by atoms with van der Waals surface area (Å²) < 4.78 is 0. The van der Waals surface area contributed by atoms with E-state index in [1.165, 1.54) is 37.2 Å². The maximum Gasteiger partial charge on any atom is 0.0890 e. The molecule has 0 radical (unpaired) electrons. The van der Waals surface area contributed by atoms with Crippen LogP contribution >= 0.6 is 0 Å². The van der Waals surface area contributed by atoms with Crippen LogP contribution in [0.4, 0.5) is 5.69 Å². The van der Waals surface area contributed by atoms with Crippen molar-refractivity contribution in [1.29, 1.82) is 0 Å². The van der Waals surface area contributed by atoms with E-state index in [-0.39, 0.29) is 0 Å². The van der Waals surface area contributed by atoms with Gasteiger partial charge >= 0.3 is 0 Å². The molecule has 0 amide bonds. The molecule has 4 heterocycles. The molecule has 3 aromatic rings. The molecule has 29 heavy (non-hydrogen) atoms. The van der Waals surface area contributed by atoms with Crippen molar-refractivity contribution < 1.29 is 0 Å². The fraction of sp³-hybridized carbons (Fsp3) is 0.458. The van der Waals surface area contributed by atoms with Gasteiger partial charge in [-0.15, -0.1) is 0 Å². The second-order valence-corrected chi connectivity index (χ2v) is 8.98. The molecule has 2 atom stereocenters. The summed E-state index contributed by atoms with van der Waals surface area (Å²) >= 11 is 0. The van der Waals surface area contributed by atoms with Gasteiger partial charge in [0.2, 0.25) is 0 Å². The van der Waals surface area contributed by atoms with Gasteiger partial charge in [0.25, 0.3) is 0 Å². The number of aryl methyl sites for hydroxylation is 2. The summed E-state index contributed by atoms with van der Waals surface area (Å²) in [5.41, 5.74) is 7.27. The summed E-state index contributed by atoms with van der Waals surface area (Å²) in [5, 5.41) is 0. The summed E-state index contributed by atoms with van der Waals surface area (Å²) in [6.45, 7) is 11.2. The van der Waals surface area contributed by atoms with Crippen LogP contribution in [0.3, 0.4) is 0 Å². The molecule has 0 N–H and O–H groups in total. The molecule has 2 saturated heterocycles. The minimum atomic E-state index is 0.403. The lowest BCUT2D eigenvalue weighted by Crippen LogP contribution is -2.32. The highest BCUT2D eigenvalue weighted by Gasteiger charge is 2.44. The van der Waals surface area contributed by atoms with Crippen LogP contribution in [0.2, 0.25) is 0 Å². The van der Waals surface area contributed by atoms with Gasteiger partial charge < -0.3 is 4.90 Å². The molecule has 2 aliphatic heterocycles. The fourth-order valence-electron chi connectivity index (χ4n) is 5.23. The summed E-state index contributed by atoms with van der Waals surface area (Å²) in [7, 11) is 0. The average Bonchev–Trinajstić information content (AvgIpc) is 3.33. The average molecular weight is 388 g/mol. The first-order chi connectivity index (χ1) is 14.0. The van der Waals surface area contributed by atoms with Gasteiger partial charge in [0.1, 0.15) is 0 Å². The quantitative estimate of drug-likeness (QED) is 0.670. The monoisotopic (exact) mass is 387 g/mol. The first kappa shape index (κ1) is 18.5. The van der Waals surface area contributed by atoms with Gasteiger partial charge in [0, 0.05) is 60.6 Å². The van der Waals surface area contributed by atoms with Crippen molar-refractivity contribution in [2.24, 2.45) is 5.41 Å². The van der Waals surface area contributed by atoms with Gasteiger partial charge in [-0.05, 0) is 70.0 Å². The number of rotatable bonds is 3. The summed E-state index contributed by atoms with van der Waals surface area (Å²) in [5.74, 6) is 0. The Balaban J connectivity index is 1.31. The van der Waals surface area contributed by atoms with E-state index in [4.69, 9.17) is 0 Å². The number of anilines is 1. The smallest absolute Gasteiger partial charge is 0.0890 e. The number of aromatic nitrogens is 3. The molecule has 2 aromatic heterocycles. The molecule has 0 saturated carbocycles. The SMILES string of the molecule is Cc1cc(N2CC[C@]3(CCN(C(C)c4ccc5nccnc5c4)C3)C2)cc(C)n1. The summed E-state index contributed by atoms with van der Waals surface area (Å²) in [4.78, 5) is 18.7. The van der Waals surface area contributed by atoms with E-state index < -0.39 is 0 Å². The largest absolute Gasteiger partial charge is 0.371 e. The molecule has 5 rings (SSSR count). The zero-order valence-electron chi connectivity index (χ0n) is 17.6. The third kappa shape index (κ3) is 3.48. The third-order valence-corrected chi connectivity index (χ3v) is 6.86. The zero-order chi connectivity index (χ0) is 20.0. The van der Waals surface area contributed by atoms with Crippen LogP contribution in [-0.4, -0.2) is 46.0 Å². The van der Waals surface area contributed by atoms with Crippen molar-refractivity contribution in [2.75, 3.05) is 31.1 Å². The van der Waals surface area contributed by atoms with Gasteiger partial charge in [-0.3, -0.25) is 19.9 Å². The van der Waals surface area contributed by atoms with Crippen LogP contribution in [0, 0.1) is 19.3 Å². The Labute approximate surface area is 172 Å². The Hall–Kier alpha value is -2.53. The Bertz CT molecular complexity index is 1030. The summed E-state index contributed by atoms with van der Waals surface area (Å²) in [6, 6.07) is 11.4. The lowest BCUT2D eigenvalue weighted by molar-refractivity contribution is 0.225. The standard InChI is InChI=1S/C24H29N5/c1-17-12-21(13-18(2)27-17)29-11-7-24(16-29)6-10-28(15-24)19(3)20-4-5-22-23(14-20)26-9-8-25-22/h4-5,8-9,12-14,19H,6-7,10-11,15-16H2,1-3H3/t19?,24-/m0/s1. The van der Waals surface area contributed by atoms with Gasteiger partial charge in [-0.2, -0.15) is 0 Å². The van der Waals surface area contributed by atoms with Gasteiger partial charge in [-0.25, -0.2) is 0 Å². The van der Waals surface area contributed by atoms with Crippen LogP contribution in [0.1, 0.15) is 42.8 Å². The van der Waals surface area contributed by atoms with Crippen molar-refractivity contribution in [3.8, 4) is 0 Å². The molecular formula is C24H29N5. The molecule has 5 nitrogen and oxygen atoms in total. The van der Waals surface area contributed by atoms with Crippen LogP contribution in [0.5, 0.6) is 0 Å². The molecular weight excluding hydrogens is 358 g/mol. The molecule has 1 spiro atoms. The van der Waals surface area contributed by atoms with E-state index in [0.717, 1.165) is 35.5 Å². The zero-order valence-corrected chi connectivity index (χ0v) is 17.6. The number of hydrogen-bond acceptors (Lipinski definition) is 5. The van der Waals surface area contributed by atoms with E-state index >= 15 is 0 Å². The Morgan fingerprint density at radius 2 is 1.62 bits per heavy atom. The predicted molar refractivity (Wildman–Crippen MR) is 117 cm³/mol. The fourth-order valence-corrected chi connectivity index (χ4v) is 5.23. The first-order valence-electron chi connectivity index (χ1n) is 10.7. The minimum Gasteiger partial charge on any atom is -0.371 e. The number of pyridine rings is 1. The molecule has 2 fully saturated rings. The molecule has 5 heteroatoms. The van der Waals surface area contributed by atoms with E-state index in [1.54, 1.807) is 12.4 Å². The van der Waals surface area contributed by atoms with Crippen molar-refractivity contribution in [3.63, 3.8) is 0 Å². The first-order valence-corrected chi connectivity index (χ1v) is 10.7. The Morgan fingerprint density at radius 1 is 0.897 bits per heavy atom. The number of benzene rings is 1. The number of nitrogens with zero attached hydrogens (tertiary/aromatic N) is 5. The highest BCUT2D eigenvalue weighted by atomic mass is 15.2. The normalized spacial score (nSPS) is 23.3. The molecule has 150 valence electrons. The van der Waals surface area contributed by atoms with Gasteiger partial charge in [-0.1, -0.05) is 6.07 Å². The maximum atomic E-state index is 4.54. The molecule has 2 aliphatic rings. The lowest BCUT2D eigenvalue weighted by atomic mass is 9.86. The van der Waals surface area contributed by atoms with Gasteiger partial charge in [0.15, 0.2) is 0 Å². The van der Waals surface area contributed by atoms with Crippen molar-refractivity contribution in [3.05, 3.63) is 59.7 Å². The van der Waals surface area contributed by atoms with E-state index in [9.17, 15) is 0 Å². The molecule has 0 aliphatic carbocycles. The van der Waals surface area contributed by atoms with Crippen molar-refractivity contribution >= 4 is 16.7 Å². The summed E-state index contributed by atoms with van der Waals surface area (Å²) in [6.07, 6.45) is 6.09. The highest BCUT2D eigenvalue weighted by molar-refractivity contribution is 5.74.